The van der Waals surface area contributed by atoms with Gasteiger partial charge in [0.15, 0.2) is 0 Å². The number of nitrogens with zero attached hydrogens (tertiary/aromatic N) is 1. The van der Waals surface area contributed by atoms with Crippen LogP contribution >= 0.6 is 11.3 Å². The van der Waals surface area contributed by atoms with Crippen molar-refractivity contribution in [2.75, 3.05) is 25.1 Å². The molecule has 2 rings (SSSR count). The molecule has 4 N–H and O–H groups in total. The van der Waals surface area contributed by atoms with E-state index in [0.29, 0.717) is 48.3 Å². The van der Waals surface area contributed by atoms with Gasteiger partial charge in [-0.3, -0.25) is 9.59 Å². The van der Waals surface area contributed by atoms with Crippen molar-refractivity contribution < 1.29 is 14.3 Å². The Labute approximate surface area is 150 Å². The third-order valence-electron chi connectivity index (χ3n) is 3.30. The van der Waals surface area contributed by atoms with Gasteiger partial charge in [0.2, 0.25) is 0 Å². The number of hydrogen-bond donors (Lipinski definition) is 3. The van der Waals surface area contributed by atoms with Crippen molar-refractivity contribution in [2.24, 2.45) is 5.73 Å². The van der Waals surface area contributed by atoms with Gasteiger partial charge in [0.05, 0.1) is 0 Å². The van der Waals surface area contributed by atoms with Crippen molar-refractivity contribution in [2.45, 2.75) is 19.9 Å². The van der Waals surface area contributed by atoms with E-state index in [1.54, 1.807) is 29.6 Å². The number of hydrogen-bond acceptors (Lipinski definition) is 6. The molecule has 8 heteroatoms. The van der Waals surface area contributed by atoms with Crippen LogP contribution in [0.15, 0.2) is 29.6 Å². The largest absolute Gasteiger partial charge is 0.382 e. The van der Waals surface area contributed by atoms with E-state index in [2.05, 4.69) is 15.6 Å². The number of thiazole rings is 1. The molecule has 0 radical (unpaired) electrons. The minimum Gasteiger partial charge on any atom is -0.382 e. The number of carbonyl (C=O) groups is 2. The molecule has 2 aromatic rings. The first-order valence-electron chi connectivity index (χ1n) is 8.06. The molecule has 0 fully saturated rings. The van der Waals surface area contributed by atoms with E-state index < -0.39 is 0 Å². The molecule has 0 aliphatic rings. The number of ether oxygens (including phenoxy) is 1. The standard InChI is InChI=1S/C17H22N4O3S/c1-2-24-8-4-7-19-16(22)12-5-3-6-13(9-12)20-17(23)14-11-25-15(10-18)21-14/h3,5-6,9,11H,2,4,7-8,10,18H2,1H3,(H,19,22)(H,20,23). The first-order valence-corrected chi connectivity index (χ1v) is 8.93. The Kier molecular flexibility index (Phi) is 7.52. The molecule has 1 aromatic carbocycles. The quantitative estimate of drug-likeness (QED) is 0.592. The number of aromatic nitrogens is 1. The Balaban J connectivity index is 1.91. The normalized spacial score (nSPS) is 10.5. The molecule has 0 spiro atoms. The maximum absolute atomic E-state index is 12.2. The van der Waals surface area contributed by atoms with Crippen LogP contribution in [-0.2, 0) is 11.3 Å². The molecular weight excluding hydrogens is 340 g/mol. The fraction of sp³-hybridized carbons (Fsp3) is 0.353. The van der Waals surface area contributed by atoms with Gasteiger partial charge in [-0.1, -0.05) is 6.07 Å². The van der Waals surface area contributed by atoms with Gasteiger partial charge in [0, 0.05) is 42.9 Å². The lowest BCUT2D eigenvalue weighted by atomic mass is 10.2. The summed E-state index contributed by atoms with van der Waals surface area (Å²) in [6.45, 7) is 4.06. The number of amides is 2. The van der Waals surface area contributed by atoms with E-state index in [0.717, 1.165) is 6.42 Å². The highest BCUT2D eigenvalue weighted by Gasteiger charge is 2.12. The molecule has 1 aromatic heterocycles. The van der Waals surface area contributed by atoms with Crippen LogP contribution in [0.1, 0.15) is 39.2 Å². The molecule has 25 heavy (non-hydrogen) atoms. The van der Waals surface area contributed by atoms with Gasteiger partial charge in [-0.15, -0.1) is 11.3 Å². The van der Waals surface area contributed by atoms with Crippen molar-refractivity contribution in [3.63, 3.8) is 0 Å². The highest BCUT2D eigenvalue weighted by Crippen LogP contribution is 2.14. The molecule has 134 valence electrons. The zero-order chi connectivity index (χ0) is 18.1. The lowest BCUT2D eigenvalue weighted by molar-refractivity contribution is 0.0943. The monoisotopic (exact) mass is 362 g/mol. The first-order chi connectivity index (χ1) is 12.1. The fourth-order valence-corrected chi connectivity index (χ4v) is 2.72. The minimum atomic E-state index is -0.328. The van der Waals surface area contributed by atoms with Crippen LogP contribution < -0.4 is 16.4 Å². The predicted molar refractivity (Wildman–Crippen MR) is 97.8 cm³/mol. The summed E-state index contributed by atoms with van der Waals surface area (Å²) < 4.78 is 5.22. The number of carbonyl (C=O) groups excluding carboxylic acids is 2. The second-order valence-electron chi connectivity index (χ2n) is 5.17. The average molecular weight is 362 g/mol. The van der Waals surface area contributed by atoms with Crippen LogP contribution in [0.4, 0.5) is 5.69 Å². The van der Waals surface area contributed by atoms with Crippen molar-refractivity contribution in [1.29, 1.82) is 0 Å². The SMILES string of the molecule is CCOCCCNC(=O)c1cccc(NC(=O)c2csc(CN)n2)c1. The summed E-state index contributed by atoms with van der Waals surface area (Å²) in [6.07, 6.45) is 0.753. The van der Waals surface area contributed by atoms with Gasteiger partial charge in [-0.2, -0.15) is 0 Å². The Hall–Kier alpha value is -2.29. The smallest absolute Gasteiger partial charge is 0.275 e. The number of anilines is 1. The highest BCUT2D eigenvalue weighted by molar-refractivity contribution is 7.09. The summed E-state index contributed by atoms with van der Waals surface area (Å²) in [5, 5.41) is 7.92. The topological polar surface area (TPSA) is 106 Å². The molecule has 0 saturated carbocycles. The van der Waals surface area contributed by atoms with Gasteiger partial charge in [0.1, 0.15) is 10.7 Å². The number of rotatable bonds is 9. The van der Waals surface area contributed by atoms with E-state index >= 15 is 0 Å². The summed E-state index contributed by atoms with van der Waals surface area (Å²) in [5.41, 5.74) is 6.83. The Morgan fingerprint density at radius 3 is 2.88 bits per heavy atom. The minimum absolute atomic E-state index is 0.188. The number of nitrogens with one attached hydrogen (secondary N) is 2. The summed E-state index contributed by atoms with van der Waals surface area (Å²) in [6, 6.07) is 6.77. The van der Waals surface area contributed by atoms with Crippen molar-refractivity contribution in [3.05, 3.63) is 45.9 Å². The molecule has 0 unspecified atom stereocenters. The maximum atomic E-state index is 12.2. The van der Waals surface area contributed by atoms with Crippen LogP contribution in [0.2, 0.25) is 0 Å². The van der Waals surface area contributed by atoms with Crippen molar-refractivity contribution >= 4 is 28.8 Å². The van der Waals surface area contributed by atoms with Crippen LogP contribution in [0.5, 0.6) is 0 Å². The van der Waals surface area contributed by atoms with Crippen molar-refractivity contribution in [3.8, 4) is 0 Å². The molecule has 0 aliphatic heterocycles. The zero-order valence-electron chi connectivity index (χ0n) is 14.1. The molecule has 2 amide bonds. The van der Waals surface area contributed by atoms with Crippen LogP contribution in [0, 0.1) is 0 Å². The Bertz CT molecular complexity index is 717. The van der Waals surface area contributed by atoms with E-state index in [4.69, 9.17) is 10.5 Å². The average Bonchev–Trinajstić information content (AvgIpc) is 3.11. The van der Waals surface area contributed by atoms with Crippen LogP contribution in [-0.4, -0.2) is 36.6 Å². The third-order valence-corrected chi connectivity index (χ3v) is 4.17. The Morgan fingerprint density at radius 2 is 2.16 bits per heavy atom. The molecular formula is C17H22N4O3S. The van der Waals surface area contributed by atoms with E-state index in [-0.39, 0.29) is 11.8 Å². The lowest BCUT2D eigenvalue weighted by Crippen LogP contribution is -2.25. The van der Waals surface area contributed by atoms with Gasteiger partial charge < -0.3 is 21.1 Å². The predicted octanol–water partition coefficient (Wildman–Crippen LogP) is 2.01. The molecule has 1 heterocycles. The summed E-state index contributed by atoms with van der Waals surface area (Å²) >= 11 is 1.34. The number of benzene rings is 1. The lowest BCUT2D eigenvalue weighted by Gasteiger charge is -2.08. The van der Waals surface area contributed by atoms with Crippen LogP contribution in [0.25, 0.3) is 0 Å². The van der Waals surface area contributed by atoms with Gasteiger partial charge in [-0.05, 0) is 31.5 Å². The van der Waals surface area contributed by atoms with Gasteiger partial charge >= 0.3 is 0 Å². The summed E-state index contributed by atoms with van der Waals surface area (Å²) in [4.78, 5) is 28.5. The van der Waals surface area contributed by atoms with Gasteiger partial charge in [0.25, 0.3) is 11.8 Å². The maximum Gasteiger partial charge on any atom is 0.275 e. The molecule has 0 aliphatic carbocycles. The molecule has 0 atom stereocenters. The summed E-state index contributed by atoms with van der Waals surface area (Å²) in [7, 11) is 0. The fourth-order valence-electron chi connectivity index (χ4n) is 2.06. The van der Waals surface area contributed by atoms with Gasteiger partial charge in [-0.25, -0.2) is 4.98 Å². The molecule has 0 saturated heterocycles. The van der Waals surface area contributed by atoms with Crippen LogP contribution in [0.3, 0.4) is 0 Å². The van der Waals surface area contributed by atoms with E-state index in [9.17, 15) is 9.59 Å². The van der Waals surface area contributed by atoms with E-state index in [1.165, 1.54) is 11.3 Å². The summed E-state index contributed by atoms with van der Waals surface area (Å²) in [5.74, 6) is -0.517. The van der Waals surface area contributed by atoms with Crippen molar-refractivity contribution in [1.82, 2.24) is 10.3 Å². The first kappa shape index (κ1) is 19.0. The zero-order valence-corrected chi connectivity index (χ0v) is 14.9. The third kappa shape index (κ3) is 5.93. The number of nitrogens with two attached hydrogens (primary N) is 1. The molecule has 0 bridgehead atoms. The molecule has 7 nitrogen and oxygen atoms in total. The van der Waals surface area contributed by atoms with E-state index in [1.807, 2.05) is 6.92 Å². The Morgan fingerprint density at radius 1 is 1.32 bits per heavy atom. The second kappa shape index (κ2) is 9.87. The second-order valence-corrected chi connectivity index (χ2v) is 6.11. The highest BCUT2D eigenvalue weighted by atomic mass is 32.1.